The number of hydrogen-bond donors (Lipinski definition) is 1. The number of aromatic nitrogens is 2. The van der Waals surface area contributed by atoms with Crippen LogP contribution in [0.3, 0.4) is 0 Å². The van der Waals surface area contributed by atoms with Crippen molar-refractivity contribution in [3.8, 4) is 0 Å². The number of anilines is 1. The summed E-state index contributed by atoms with van der Waals surface area (Å²) in [5.41, 5.74) is -0.155. The molecule has 0 bridgehead atoms. The van der Waals surface area contributed by atoms with Crippen molar-refractivity contribution in [2.75, 3.05) is 25.1 Å². The van der Waals surface area contributed by atoms with Crippen LogP contribution < -0.4 is 5.32 Å². The Labute approximate surface area is 148 Å². The maximum atomic E-state index is 12.8. The number of rotatable bonds is 4. The van der Waals surface area contributed by atoms with Crippen LogP contribution in [-0.2, 0) is 16.3 Å². The van der Waals surface area contributed by atoms with Crippen molar-refractivity contribution in [1.82, 2.24) is 9.97 Å². The highest BCUT2D eigenvalue weighted by atomic mass is 35.5. The summed E-state index contributed by atoms with van der Waals surface area (Å²) >= 11 is 5.96. The summed E-state index contributed by atoms with van der Waals surface area (Å²) in [5, 5.41) is 3.61. The average molecular weight is 372 g/mol. The lowest BCUT2D eigenvalue weighted by Crippen LogP contribution is -2.40. The predicted molar refractivity (Wildman–Crippen MR) is 88.7 cm³/mol. The fourth-order valence-corrected chi connectivity index (χ4v) is 3.11. The molecule has 2 heterocycles. The summed E-state index contributed by atoms with van der Waals surface area (Å²) in [5.74, 6) is -0.0327. The lowest BCUT2D eigenvalue weighted by atomic mass is 9.74. The fraction of sp³-hybridized carbons (Fsp3) is 0.412. The summed E-state index contributed by atoms with van der Waals surface area (Å²) in [4.78, 5) is 7.47. The van der Waals surface area contributed by atoms with Crippen molar-refractivity contribution < 1.29 is 17.9 Å². The van der Waals surface area contributed by atoms with Gasteiger partial charge in [-0.25, -0.2) is 9.97 Å². The molecule has 2 aromatic rings. The molecule has 1 saturated heterocycles. The van der Waals surface area contributed by atoms with Gasteiger partial charge in [-0.2, -0.15) is 13.2 Å². The third-order valence-corrected chi connectivity index (χ3v) is 4.69. The molecule has 8 heteroatoms. The van der Waals surface area contributed by atoms with E-state index in [1.807, 2.05) is 24.3 Å². The Kier molecular flexibility index (Phi) is 5.15. The van der Waals surface area contributed by atoms with Crippen molar-refractivity contribution in [3.05, 3.63) is 52.8 Å². The highest BCUT2D eigenvalue weighted by Crippen LogP contribution is 2.35. The van der Waals surface area contributed by atoms with Gasteiger partial charge in [0.15, 0.2) is 0 Å². The molecule has 0 spiro atoms. The van der Waals surface area contributed by atoms with Crippen LogP contribution in [-0.4, -0.2) is 29.7 Å². The van der Waals surface area contributed by atoms with Crippen molar-refractivity contribution in [2.45, 2.75) is 24.4 Å². The standard InChI is InChI=1S/C17H17ClF3N3O/c18-13-3-1-12(2-4-13)16(6-9-25-10-7-16)11-23-15-22-8-5-14(24-15)17(19,20)21/h1-5,8H,6-7,9-11H2,(H,22,23,24). The summed E-state index contributed by atoms with van der Waals surface area (Å²) < 4.78 is 43.8. The lowest BCUT2D eigenvalue weighted by molar-refractivity contribution is -0.141. The zero-order valence-corrected chi connectivity index (χ0v) is 14.1. The van der Waals surface area contributed by atoms with E-state index in [1.54, 1.807) is 0 Å². The maximum absolute atomic E-state index is 12.8. The number of alkyl halides is 3. The van der Waals surface area contributed by atoms with Gasteiger partial charge < -0.3 is 10.1 Å². The smallest absolute Gasteiger partial charge is 0.381 e. The van der Waals surface area contributed by atoms with E-state index in [-0.39, 0.29) is 11.4 Å². The van der Waals surface area contributed by atoms with Crippen LogP contribution in [0.4, 0.5) is 19.1 Å². The number of ether oxygens (including phenoxy) is 1. The highest BCUT2D eigenvalue weighted by molar-refractivity contribution is 6.30. The van der Waals surface area contributed by atoms with E-state index >= 15 is 0 Å². The molecule has 0 radical (unpaired) electrons. The van der Waals surface area contributed by atoms with E-state index < -0.39 is 11.9 Å². The number of nitrogens with zero attached hydrogens (tertiary/aromatic N) is 2. The first kappa shape index (κ1) is 17.9. The van der Waals surface area contributed by atoms with Crippen LogP contribution in [0.5, 0.6) is 0 Å². The molecule has 1 fully saturated rings. The van der Waals surface area contributed by atoms with Crippen LogP contribution in [0.15, 0.2) is 36.5 Å². The van der Waals surface area contributed by atoms with Crippen molar-refractivity contribution >= 4 is 17.5 Å². The molecule has 4 nitrogen and oxygen atoms in total. The van der Waals surface area contributed by atoms with Crippen LogP contribution in [0.25, 0.3) is 0 Å². The Morgan fingerprint density at radius 3 is 2.44 bits per heavy atom. The second-order valence-corrected chi connectivity index (χ2v) is 6.45. The van der Waals surface area contributed by atoms with Crippen LogP contribution in [0.1, 0.15) is 24.1 Å². The van der Waals surface area contributed by atoms with Gasteiger partial charge in [-0.1, -0.05) is 23.7 Å². The fourth-order valence-electron chi connectivity index (χ4n) is 2.98. The molecular formula is C17H17ClF3N3O. The molecule has 0 saturated carbocycles. The minimum Gasteiger partial charge on any atom is -0.381 e. The van der Waals surface area contributed by atoms with Gasteiger partial charge in [-0.15, -0.1) is 0 Å². The van der Waals surface area contributed by atoms with Gasteiger partial charge in [0.25, 0.3) is 0 Å². The van der Waals surface area contributed by atoms with E-state index in [9.17, 15) is 13.2 Å². The second-order valence-electron chi connectivity index (χ2n) is 6.02. The van der Waals surface area contributed by atoms with Gasteiger partial charge in [0.2, 0.25) is 5.95 Å². The molecule has 0 atom stereocenters. The molecule has 1 aliphatic rings. The minimum absolute atomic E-state index is 0.0327. The highest BCUT2D eigenvalue weighted by Gasteiger charge is 2.35. The third-order valence-electron chi connectivity index (χ3n) is 4.44. The molecule has 1 aliphatic heterocycles. The largest absolute Gasteiger partial charge is 0.433 e. The molecule has 25 heavy (non-hydrogen) atoms. The Hall–Kier alpha value is -1.86. The molecule has 1 aromatic carbocycles. The first-order valence-corrected chi connectivity index (χ1v) is 8.25. The summed E-state index contributed by atoms with van der Waals surface area (Å²) in [6.07, 6.45) is -1.88. The molecule has 1 aromatic heterocycles. The Morgan fingerprint density at radius 2 is 1.80 bits per heavy atom. The van der Waals surface area contributed by atoms with E-state index in [2.05, 4.69) is 15.3 Å². The molecule has 1 N–H and O–H groups in total. The summed E-state index contributed by atoms with van der Waals surface area (Å²) in [7, 11) is 0. The van der Waals surface area contributed by atoms with Gasteiger partial charge in [-0.05, 0) is 36.6 Å². The molecular weight excluding hydrogens is 355 g/mol. The summed E-state index contributed by atoms with van der Waals surface area (Å²) in [6, 6.07) is 8.38. The monoisotopic (exact) mass is 371 g/mol. The molecule has 0 unspecified atom stereocenters. The van der Waals surface area contributed by atoms with Crippen molar-refractivity contribution in [1.29, 1.82) is 0 Å². The Balaban J connectivity index is 1.81. The quantitative estimate of drug-likeness (QED) is 0.870. The number of nitrogens with one attached hydrogen (secondary N) is 1. The predicted octanol–water partition coefficient (Wildman–Crippen LogP) is 4.31. The van der Waals surface area contributed by atoms with Gasteiger partial charge in [0.1, 0.15) is 5.69 Å². The Bertz CT molecular complexity index is 716. The van der Waals surface area contributed by atoms with Gasteiger partial charge in [-0.3, -0.25) is 0 Å². The van der Waals surface area contributed by atoms with E-state index in [1.165, 1.54) is 0 Å². The Morgan fingerprint density at radius 1 is 1.12 bits per heavy atom. The number of halogens is 4. The average Bonchev–Trinajstić information content (AvgIpc) is 2.61. The van der Waals surface area contributed by atoms with E-state index in [0.29, 0.717) is 24.8 Å². The molecule has 0 amide bonds. The number of hydrogen-bond acceptors (Lipinski definition) is 4. The number of benzene rings is 1. The molecule has 134 valence electrons. The first-order chi connectivity index (χ1) is 11.9. The van der Waals surface area contributed by atoms with Crippen LogP contribution in [0, 0.1) is 0 Å². The third kappa shape index (κ3) is 4.22. The zero-order chi connectivity index (χ0) is 17.9. The van der Waals surface area contributed by atoms with Gasteiger partial charge >= 0.3 is 6.18 Å². The molecule has 3 rings (SSSR count). The SMILES string of the molecule is FC(F)(F)c1ccnc(NCC2(c3ccc(Cl)cc3)CCOCC2)n1. The lowest BCUT2D eigenvalue weighted by Gasteiger charge is -2.38. The summed E-state index contributed by atoms with van der Waals surface area (Å²) in [6.45, 7) is 1.60. The second kappa shape index (κ2) is 7.17. The van der Waals surface area contributed by atoms with Crippen LogP contribution in [0.2, 0.25) is 5.02 Å². The molecule has 0 aliphatic carbocycles. The van der Waals surface area contributed by atoms with Gasteiger partial charge in [0.05, 0.1) is 0 Å². The van der Waals surface area contributed by atoms with Gasteiger partial charge in [0, 0.05) is 36.4 Å². The first-order valence-electron chi connectivity index (χ1n) is 7.87. The van der Waals surface area contributed by atoms with Crippen LogP contribution >= 0.6 is 11.6 Å². The normalized spacial score (nSPS) is 17.3. The van der Waals surface area contributed by atoms with Crippen molar-refractivity contribution in [2.24, 2.45) is 0 Å². The topological polar surface area (TPSA) is 47.0 Å². The zero-order valence-electron chi connectivity index (χ0n) is 13.3. The van der Waals surface area contributed by atoms with Crippen molar-refractivity contribution in [3.63, 3.8) is 0 Å². The van der Waals surface area contributed by atoms with E-state index in [4.69, 9.17) is 16.3 Å². The minimum atomic E-state index is -4.49. The van der Waals surface area contributed by atoms with E-state index in [0.717, 1.165) is 30.7 Å². The maximum Gasteiger partial charge on any atom is 0.433 e.